The predicted molar refractivity (Wildman–Crippen MR) is 258 cm³/mol. The molecule has 0 aliphatic heterocycles. The van der Waals surface area contributed by atoms with Crippen LogP contribution in [0.4, 0.5) is 0 Å². The summed E-state index contributed by atoms with van der Waals surface area (Å²) >= 11 is 0. The van der Waals surface area contributed by atoms with Crippen LogP contribution in [0.25, 0.3) is 0 Å². The summed E-state index contributed by atoms with van der Waals surface area (Å²) in [6.07, 6.45) is 71.3. The van der Waals surface area contributed by atoms with Gasteiger partial charge in [0, 0.05) is 6.42 Å². The number of unbranched alkanes of at least 4 members (excludes halogenated alkanes) is 48. The average molecular weight is 803 g/mol. The number of hydrogen-bond acceptors (Lipinski definition) is 2. The molecule has 0 bridgehead atoms. The minimum atomic E-state index is 0.0355. The molecule has 0 amide bonds. The number of ether oxygens (including phenoxy) is 1. The fraction of sp³-hybridized carbons (Fsp3) is 0.982. The lowest BCUT2D eigenvalue weighted by molar-refractivity contribution is -0.143. The lowest BCUT2D eigenvalue weighted by atomic mass is 10.0. The van der Waals surface area contributed by atoms with Gasteiger partial charge in [-0.2, -0.15) is 0 Å². The third kappa shape index (κ3) is 53.5. The Balaban J connectivity index is 3.14. The van der Waals surface area contributed by atoms with E-state index in [1.54, 1.807) is 0 Å². The summed E-state index contributed by atoms with van der Waals surface area (Å²) in [4.78, 5) is 12.1. The number of rotatable bonds is 52. The van der Waals surface area contributed by atoms with Crippen molar-refractivity contribution in [1.82, 2.24) is 0 Å². The van der Waals surface area contributed by atoms with Crippen molar-refractivity contribution < 1.29 is 9.53 Å². The maximum Gasteiger partial charge on any atom is 0.305 e. The quantitative estimate of drug-likeness (QED) is 0.0452. The smallest absolute Gasteiger partial charge is 0.305 e. The SMILES string of the molecule is CCCCCCCCCCCCCCCCCCCCCCCCCCCCCCC(=O)OCCCCCCCCCCCCCCCCCCCCCCCC. The maximum absolute atomic E-state index is 12.1. The van der Waals surface area contributed by atoms with Gasteiger partial charge in [0.1, 0.15) is 0 Å². The largest absolute Gasteiger partial charge is 0.466 e. The number of carbonyl (C=O) groups is 1. The van der Waals surface area contributed by atoms with Crippen LogP contribution in [0.5, 0.6) is 0 Å². The molecule has 0 aliphatic rings. The van der Waals surface area contributed by atoms with Gasteiger partial charge in [-0.25, -0.2) is 0 Å². The van der Waals surface area contributed by atoms with Crippen LogP contribution in [0, 0.1) is 0 Å². The van der Waals surface area contributed by atoms with Crippen LogP contribution in [0.15, 0.2) is 0 Å². The topological polar surface area (TPSA) is 26.3 Å². The fourth-order valence-corrected chi connectivity index (χ4v) is 8.91. The maximum atomic E-state index is 12.1. The Morgan fingerprint density at radius 3 is 0.579 bits per heavy atom. The molecule has 2 heteroatoms. The third-order valence-electron chi connectivity index (χ3n) is 13.0. The van der Waals surface area contributed by atoms with Crippen LogP contribution >= 0.6 is 0 Å². The Kier molecular flexibility index (Phi) is 53.0. The van der Waals surface area contributed by atoms with E-state index in [1.807, 2.05) is 0 Å². The Morgan fingerprint density at radius 1 is 0.228 bits per heavy atom. The molecule has 342 valence electrons. The molecule has 2 nitrogen and oxygen atoms in total. The normalized spacial score (nSPS) is 11.5. The zero-order valence-corrected chi connectivity index (χ0v) is 40.1. The van der Waals surface area contributed by atoms with E-state index in [9.17, 15) is 4.79 Å². The van der Waals surface area contributed by atoms with Crippen molar-refractivity contribution in [3.05, 3.63) is 0 Å². The molecule has 0 saturated carbocycles. The highest BCUT2D eigenvalue weighted by Gasteiger charge is 2.03. The average Bonchev–Trinajstić information content (AvgIpc) is 3.22. The fourth-order valence-electron chi connectivity index (χ4n) is 8.91. The number of esters is 1. The molecule has 0 unspecified atom stereocenters. The van der Waals surface area contributed by atoms with Crippen LogP contribution < -0.4 is 0 Å². The molecular weight excluding hydrogens is 693 g/mol. The molecule has 0 fully saturated rings. The van der Waals surface area contributed by atoms with Crippen LogP contribution in [0.2, 0.25) is 0 Å². The van der Waals surface area contributed by atoms with E-state index < -0.39 is 0 Å². The molecule has 0 heterocycles. The Labute approximate surface area is 362 Å². The summed E-state index contributed by atoms with van der Waals surface area (Å²) in [7, 11) is 0. The lowest BCUT2D eigenvalue weighted by Crippen LogP contribution is -2.05. The summed E-state index contributed by atoms with van der Waals surface area (Å²) in [5.41, 5.74) is 0. The predicted octanol–water partition coefficient (Wildman–Crippen LogP) is 20.5. The van der Waals surface area contributed by atoms with Gasteiger partial charge in [0.25, 0.3) is 0 Å². The minimum Gasteiger partial charge on any atom is -0.466 e. The Hall–Kier alpha value is -0.530. The highest BCUT2D eigenvalue weighted by atomic mass is 16.5. The van der Waals surface area contributed by atoms with Gasteiger partial charge in [-0.05, 0) is 12.8 Å². The van der Waals surface area contributed by atoms with Crippen LogP contribution in [0.1, 0.15) is 341 Å². The van der Waals surface area contributed by atoms with Crippen molar-refractivity contribution in [2.45, 2.75) is 341 Å². The van der Waals surface area contributed by atoms with Gasteiger partial charge in [0.15, 0.2) is 0 Å². The molecule has 0 rings (SSSR count). The summed E-state index contributed by atoms with van der Waals surface area (Å²) < 4.78 is 5.51. The lowest BCUT2D eigenvalue weighted by Gasteiger charge is -2.06. The van der Waals surface area contributed by atoms with Crippen molar-refractivity contribution in [2.75, 3.05) is 6.61 Å². The number of hydrogen-bond donors (Lipinski definition) is 0. The summed E-state index contributed by atoms with van der Waals surface area (Å²) in [6, 6.07) is 0. The molecule has 0 saturated heterocycles. The van der Waals surface area contributed by atoms with E-state index in [2.05, 4.69) is 13.8 Å². The zero-order valence-electron chi connectivity index (χ0n) is 40.1. The monoisotopic (exact) mass is 803 g/mol. The first kappa shape index (κ1) is 56.5. The van der Waals surface area contributed by atoms with E-state index in [0.717, 1.165) is 12.8 Å². The van der Waals surface area contributed by atoms with Gasteiger partial charge in [-0.15, -0.1) is 0 Å². The second-order valence-electron chi connectivity index (χ2n) is 18.9. The molecule has 0 atom stereocenters. The second-order valence-corrected chi connectivity index (χ2v) is 18.9. The molecule has 0 aliphatic carbocycles. The van der Waals surface area contributed by atoms with E-state index in [0.29, 0.717) is 13.0 Å². The van der Waals surface area contributed by atoms with Crippen molar-refractivity contribution in [2.24, 2.45) is 0 Å². The van der Waals surface area contributed by atoms with Gasteiger partial charge in [-0.1, -0.05) is 322 Å². The summed E-state index contributed by atoms with van der Waals surface area (Å²) in [5.74, 6) is 0.0355. The van der Waals surface area contributed by atoms with Gasteiger partial charge < -0.3 is 4.74 Å². The minimum absolute atomic E-state index is 0.0355. The Bertz CT molecular complexity index is 703. The van der Waals surface area contributed by atoms with Gasteiger partial charge in [0.05, 0.1) is 6.61 Å². The third-order valence-corrected chi connectivity index (χ3v) is 13.0. The molecule has 0 radical (unpaired) electrons. The second kappa shape index (κ2) is 53.5. The Morgan fingerprint density at radius 2 is 0.386 bits per heavy atom. The first-order chi connectivity index (χ1) is 28.3. The zero-order chi connectivity index (χ0) is 41.1. The highest BCUT2D eigenvalue weighted by Crippen LogP contribution is 2.18. The summed E-state index contributed by atoms with van der Waals surface area (Å²) in [5, 5.41) is 0. The van der Waals surface area contributed by atoms with Crippen LogP contribution in [-0.4, -0.2) is 12.6 Å². The van der Waals surface area contributed by atoms with E-state index >= 15 is 0 Å². The first-order valence-electron chi connectivity index (χ1n) is 27.5. The van der Waals surface area contributed by atoms with Crippen molar-refractivity contribution in [3.63, 3.8) is 0 Å². The van der Waals surface area contributed by atoms with Gasteiger partial charge in [-0.3, -0.25) is 4.79 Å². The molecule has 0 aromatic heterocycles. The van der Waals surface area contributed by atoms with Crippen LogP contribution in [-0.2, 0) is 9.53 Å². The van der Waals surface area contributed by atoms with Crippen molar-refractivity contribution >= 4 is 5.97 Å². The highest BCUT2D eigenvalue weighted by molar-refractivity contribution is 5.69. The van der Waals surface area contributed by atoms with Crippen molar-refractivity contribution in [3.8, 4) is 0 Å². The van der Waals surface area contributed by atoms with Gasteiger partial charge in [0.2, 0.25) is 0 Å². The molecule has 0 N–H and O–H groups in total. The van der Waals surface area contributed by atoms with E-state index in [-0.39, 0.29) is 5.97 Å². The van der Waals surface area contributed by atoms with E-state index in [1.165, 1.54) is 308 Å². The van der Waals surface area contributed by atoms with Crippen molar-refractivity contribution in [1.29, 1.82) is 0 Å². The van der Waals surface area contributed by atoms with Crippen LogP contribution in [0.3, 0.4) is 0 Å². The summed E-state index contributed by atoms with van der Waals surface area (Å²) in [6.45, 7) is 5.25. The molecule has 0 aromatic carbocycles. The molecule has 57 heavy (non-hydrogen) atoms. The van der Waals surface area contributed by atoms with E-state index in [4.69, 9.17) is 4.74 Å². The standard InChI is InChI=1S/C55H110O2/c1-3-5-7-9-11-13-15-17-19-21-23-25-27-28-29-30-31-32-33-35-37-39-41-43-45-47-49-51-53-55(56)57-54-52-50-48-46-44-42-40-38-36-34-26-24-22-20-18-16-14-12-10-8-6-4-2/h3-54H2,1-2H3. The molecule has 0 spiro atoms. The molecular formula is C55H110O2. The molecule has 0 aromatic rings. The number of carbonyl (C=O) groups excluding carboxylic acids is 1. The van der Waals surface area contributed by atoms with Gasteiger partial charge >= 0.3 is 5.97 Å². The first-order valence-corrected chi connectivity index (χ1v) is 27.5.